The van der Waals surface area contributed by atoms with E-state index >= 15 is 0 Å². The standard InChI is InChI=1S/C18H17ClN2O2S/c1-2-17(22)20-12-7-8-13(19)14(10-12)21-18(23)16-9-11-5-3-4-6-15(11)24-16/h3-8,10,16H,2,9H2,1H3,(H,20,22)(H,21,23). The molecule has 0 aliphatic carbocycles. The molecule has 0 radical (unpaired) electrons. The number of amides is 2. The molecule has 2 amide bonds. The quantitative estimate of drug-likeness (QED) is 0.852. The molecule has 1 heterocycles. The molecule has 1 unspecified atom stereocenters. The van der Waals surface area contributed by atoms with Gasteiger partial charge in [-0.2, -0.15) is 0 Å². The highest BCUT2D eigenvalue weighted by atomic mass is 35.5. The Hall–Kier alpha value is -1.98. The normalized spacial score (nSPS) is 15.7. The van der Waals surface area contributed by atoms with E-state index in [0.717, 1.165) is 4.90 Å². The van der Waals surface area contributed by atoms with Crippen LogP contribution in [0.5, 0.6) is 0 Å². The zero-order valence-corrected chi connectivity index (χ0v) is 14.7. The number of anilines is 2. The van der Waals surface area contributed by atoms with Crippen molar-refractivity contribution in [1.29, 1.82) is 0 Å². The highest BCUT2D eigenvalue weighted by molar-refractivity contribution is 8.01. The van der Waals surface area contributed by atoms with Gasteiger partial charge < -0.3 is 10.6 Å². The first-order valence-corrected chi connectivity index (χ1v) is 8.97. The maximum Gasteiger partial charge on any atom is 0.238 e. The molecular weight excluding hydrogens is 344 g/mol. The van der Waals surface area contributed by atoms with Crippen molar-refractivity contribution in [3.8, 4) is 0 Å². The highest BCUT2D eigenvalue weighted by Crippen LogP contribution is 2.37. The average molecular weight is 361 g/mol. The first-order valence-electron chi connectivity index (χ1n) is 7.71. The summed E-state index contributed by atoms with van der Waals surface area (Å²) in [5, 5.41) is 5.91. The molecule has 1 atom stereocenters. The minimum absolute atomic E-state index is 0.0860. The minimum Gasteiger partial charge on any atom is -0.326 e. The van der Waals surface area contributed by atoms with E-state index in [0.29, 0.717) is 29.2 Å². The molecule has 0 spiro atoms. The zero-order chi connectivity index (χ0) is 17.1. The summed E-state index contributed by atoms with van der Waals surface area (Å²) in [5.74, 6) is -0.173. The third kappa shape index (κ3) is 3.74. The van der Waals surface area contributed by atoms with Crippen molar-refractivity contribution in [2.45, 2.75) is 29.9 Å². The van der Waals surface area contributed by atoms with E-state index in [1.54, 1.807) is 36.9 Å². The van der Waals surface area contributed by atoms with E-state index < -0.39 is 0 Å². The molecule has 1 aliphatic rings. The van der Waals surface area contributed by atoms with Crippen LogP contribution in [-0.4, -0.2) is 17.1 Å². The number of carbonyl (C=O) groups excluding carboxylic acids is 2. The third-order valence-electron chi connectivity index (χ3n) is 3.77. The topological polar surface area (TPSA) is 58.2 Å². The van der Waals surface area contributed by atoms with E-state index in [4.69, 9.17) is 11.6 Å². The number of thioether (sulfide) groups is 1. The van der Waals surface area contributed by atoms with Crippen LogP contribution in [-0.2, 0) is 16.0 Å². The van der Waals surface area contributed by atoms with Crippen LogP contribution in [0.4, 0.5) is 11.4 Å². The van der Waals surface area contributed by atoms with E-state index in [9.17, 15) is 9.59 Å². The second-order valence-electron chi connectivity index (χ2n) is 5.50. The highest BCUT2D eigenvalue weighted by Gasteiger charge is 2.28. The van der Waals surface area contributed by atoms with Gasteiger partial charge >= 0.3 is 0 Å². The van der Waals surface area contributed by atoms with Gasteiger partial charge in [0.25, 0.3) is 0 Å². The number of rotatable bonds is 4. The summed E-state index contributed by atoms with van der Waals surface area (Å²) in [7, 11) is 0. The maximum absolute atomic E-state index is 12.5. The lowest BCUT2D eigenvalue weighted by Gasteiger charge is -2.13. The average Bonchev–Trinajstić information content (AvgIpc) is 3.02. The number of hydrogen-bond donors (Lipinski definition) is 2. The summed E-state index contributed by atoms with van der Waals surface area (Å²) in [6, 6.07) is 13.1. The molecule has 0 bridgehead atoms. The molecule has 0 fully saturated rings. The fourth-order valence-electron chi connectivity index (χ4n) is 2.49. The van der Waals surface area contributed by atoms with Gasteiger partial charge in [-0.1, -0.05) is 36.7 Å². The predicted octanol–water partition coefficient (Wildman–Crippen LogP) is 4.34. The van der Waals surface area contributed by atoms with Gasteiger partial charge in [-0.3, -0.25) is 9.59 Å². The van der Waals surface area contributed by atoms with Crippen molar-refractivity contribution in [3.63, 3.8) is 0 Å². The predicted molar refractivity (Wildman–Crippen MR) is 98.8 cm³/mol. The molecule has 6 heteroatoms. The Labute approximate surface area is 150 Å². The van der Waals surface area contributed by atoms with Crippen LogP contribution in [0.15, 0.2) is 47.4 Å². The molecule has 1 aliphatic heterocycles. The van der Waals surface area contributed by atoms with Crippen molar-refractivity contribution in [3.05, 3.63) is 53.1 Å². The number of benzene rings is 2. The van der Waals surface area contributed by atoms with E-state index in [2.05, 4.69) is 10.6 Å². The fourth-order valence-corrected chi connectivity index (χ4v) is 3.85. The summed E-state index contributed by atoms with van der Waals surface area (Å²) < 4.78 is 0. The van der Waals surface area contributed by atoms with Crippen LogP contribution in [0.2, 0.25) is 5.02 Å². The second kappa shape index (κ2) is 7.28. The summed E-state index contributed by atoms with van der Waals surface area (Å²) in [4.78, 5) is 25.2. The number of hydrogen-bond acceptors (Lipinski definition) is 3. The lowest BCUT2D eigenvalue weighted by atomic mass is 10.1. The smallest absolute Gasteiger partial charge is 0.238 e. The Kier molecular flexibility index (Phi) is 5.11. The van der Waals surface area contributed by atoms with Gasteiger partial charge in [-0.25, -0.2) is 0 Å². The number of nitrogens with one attached hydrogen (secondary N) is 2. The Bertz CT molecular complexity index is 769. The van der Waals surface area contributed by atoms with Gasteiger partial charge in [0.1, 0.15) is 0 Å². The van der Waals surface area contributed by atoms with Crippen LogP contribution in [0, 0.1) is 0 Å². The Morgan fingerprint density at radius 1 is 1.21 bits per heavy atom. The maximum atomic E-state index is 12.5. The van der Waals surface area contributed by atoms with Crippen LogP contribution < -0.4 is 10.6 Å². The van der Waals surface area contributed by atoms with Crippen LogP contribution in [0.3, 0.4) is 0 Å². The molecule has 4 nitrogen and oxygen atoms in total. The van der Waals surface area contributed by atoms with Crippen LogP contribution >= 0.6 is 23.4 Å². The van der Waals surface area contributed by atoms with Gasteiger partial charge in [-0.05, 0) is 36.2 Å². The fraction of sp³-hybridized carbons (Fsp3) is 0.222. The second-order valence-corrected chi connectivity index (χ2v) is 7.16. The number of fused-ring (bicyclic) bond motifs is 1. The largest absolute Gasteiger partial charge is 0.326 e. The first kappa shape index (κ1) is 16.9. The number of carbonyl (C=O) groups is 2. The molecule has 0 saturated carbocycles. The van der Waals surface area contributed by atoms with Gasteiger partial charge in [0, 0.05) is 17.0 Å². The van der Waals surface area contributed by atoms with Crippen LogP contribution in [0.1, 0.15) is 18.9 Å². The van der Waals surface area contributed by atoms with Crippen molar-refractivity contribution in [2.24, 2.45) is 0 Å². The Morgan fingerprint density at radius 3 is 2.75 bits per heavy atom. The van der Waals surface area contributed by atoms with Crippen molar-refractivity contribution < 1.29 is 9.59 Å². The summed E-state index contributed by atoms with van der Waals surface area (Å²) in [6.07, 6.45) is 1.10. The lowest BCUT2D eigenvalue weighted by molar-refractivity contribution is -0.116. The Morgan fingerprint density at radius 2 is 2.00 bits per heavy atom. The molecule has 3 rings (SSSR count). The minimum atomic E-state index is -0.174. The Balaban J connectivity index is 1.71. The lowest BCUT2D eigenvalue weighted by Crippen LogP contribution is -2.24. The van der Waals surface area contributed by atoms with Crippen molar-refractivity contribution in [2.75, 3.05) is 10.6 Å². The summed E-state index contributed by atoms with van der Waals surface area (Å²) in [6.45, 7) is 1.78. The molecular formula is C18H17ClN2O2S. The summed E-state index contributed by atoms with van der Waals surface area (Å²) >= 11 is 7.74. The zero-order valence-electron chi connectivity index (χ0n) is 13.1. The van der Waals surface area contributed by atoms with Gasteiger partial charge in [0.2, 0.25) is 11.8 Å². The van der Waals surface area contributed by atoms with Crippen molar-refractivity contribution in [1.82, 2.24) is 0 Å². The molecule has 2 N–H and O–H groups in total. The molecule has 2 aromatic rings. The molecule has 0 saturated heterocycles. The summed E-state index contributed by atoms with van der Waals surface area (Å²) in [5.41, 5.74) is 2.31. The SMILES string of the molecule is CCC(=O)Nc1ccc(Cl)c(NC(=O)C2Cc3ccccc3S2)c1. The molecule has 124 valence electrons. The third-order valence-corrected chi connectivity index (χ3v) is 5.42. The van der Waals surface area contributed by atoms with Crippen molar-refractivity contribution >= 4 is 46.6 Å². The van der Waals surface area contributed by atoms with E-state index in [-0.39, 0.29) is 17.1 Å². The van der Waals surface area contributed by atoms with Gasteiger partial charge in [-0.15, -0.1) is 11.8 Å². The van der Waals surface area contributed by atoms with E-state index in [1.807, 2.05) is 24.3 Å². The molecule has 24 heavy (non-hydrogen) atoms. The monoisotopic (exact) mass is 360 g/mol. The molecule has 2 aromatic carbocycles. The first-order chi connectivity index (χ1) is 11.6. The number of halogens is 1. The van der Waals surface area contributed by atoms with Gasteiger partial charge in [0.05, 0.1) is 16.0 Å². The van der Waals surface area contributed by atoms with Crippen LogP contribution in [0.25, 0.3) is 0 Å². The van der Waals surface area contributed by atoms with Gasteiger partial charge in [0.15, 0.2) is 0 Å². The van der Waals surface area contributed by atoms with E-state index in [1.165, 1.54) is 5.56 Å². The molecule has 0 aromatic heterocycles.